The fourth-order valence-electron chi connectivity index (χ4n) is 4.26. The van der Waals surface area contributed by atoms with Crippen molar-refractivity contribution in [1.29, 1.82) is 0 Å². The van der Waals surface area contributed by atoms with Crippen molar-refractivity contribution in [1.82, 2.24) is 19.6 Å². The monoisotopic (exact) mass is 685 g/mol. The Hall–Kier alpha value is -3.18. The molecule has 0 heterocycles. The first kappa shape index (κ1) is 44.8. The van der Waals surface area contributed by atoms with Crippen molar-refractivity contribution >= 4 is 24.4 Å². The summed E-state index contributed by atoms with van der Waals surface area (Å²) in [7, 11) is 0. The van der Waals surface area contributed by atoms with Gasteiger partial charge in [0.15, 0.2) is 0 Å². The Balaban J connectivity index is 5.66. The molecule has 0 bridgehead atoms. The molecule has 0 atom stereocenters. The summed E-state index contributed by atoms with van der Waals surface area (Å²) >= 11 is 0. The van der Waals surface area contributed by atoms with Gasteiger partial charge in [0.2, 0.25) is 0 Å². The Bertz CT molecular complexity index is 939. The van der Waals surface area contributed by atoms with E-state index >= 15 is 0 Å². The first-order valence-corrected chi connectivity index (χ1v) is 17.4. The Morgan fingerprint density at radius 2 is 0.646 bits per heavy atom. The third kappa shape index (κ3) is 22.4. The van der Waals surface area contributed by atoms with Gasteiger partial charge in [0, 0.05) is 52.4 Å². The average Bonchev–Trinajstić information content (AvgIpc) is 2.88. The molecule has 0 unspecified atom stereocenters. The number of carbonyl (C=O) groups is 4. The fraction of sp³-hybridized carbons (Fsp3) is 0.833. The molecule has 0 aromatic rings. The van der Waals surface area contributed by atoms with Crippen molar-refractivity contribution in [3.05, 3.63) is 12.2 Å². The van der Waals surface area contributed by atoms with Crippen molar-refractivity contribution in [3.8, 4) is 0 Å². The SMILES string of the molecule is CCCN(CCCN(CC=CCN(CCCN(CCC)C(=O)OC(C)(C)C)C(=O)OC(C)(C)C)C(=O)OC(C)(C)C)C(=O)OC(C)(C)C. The summed E-state index contributed by atoms with van der Waals surface area (Å²) in [6.07, 6.45) is 4.59. The minimum atomic E-state index is -0.678. The van der Waals surface area contributed by atoms with Gasteiger partial charge < -0.3 is 38.5 Å². The van der Waals surface area contributed by atoms with Gasteiger partial charge in [-0.3, -0.25) is 0 Å². The molecule has 0 aliphatic rings. The van der Waals surface area contributed by atoms with Crippen molar-refractivity contribution in [2.45, 2.75) is 145 Å². The van der Waals surface area contributed by atoms with Crippen LogP contribution in [-0.4, -0.2) is 119 Å². The maximum absolute atomic E-state index is 13.1. The van der Waals surface area contributed by atoms with Crippen molar-refractivity contribution in [2.75, 3.05) is 52.4 Å². The summed E-state index contributed by atoms with van der Waals surface area (Å²) in [5.74, 6) is 0. The molecule has 4 amide bonds. The highest BCUT2D eigenvalue weighted by atomic mass is 16.6. The summed E-state index contributed by atoms with van der Waals surface area (Å²) in [6, 6.07) is 0. The van der Waals surface area contributed by atoms with Crippen LogP contribution in [0.3, 0.4) is 0 Å². The van der Waals surface area contributed by atoms with Gasteiger partial charge in [-0.15, -0.1) is 0 Å². The molecule has 0 aromatic carbocycles. The lowest BCUT2D eigenvalue weighted by atomic mass is 10.2. The fourth-order valence-corrected chi connectivity index (χ4v) is 4.26. The molecule has 0 aliphatic heterocycles. The van der Waals surface area contributed by atoms with Crippen LogP contribution in [0.1, 0.15) is 123 Å². The molecule has 48 heavy (non-hydrogen) atoms. The normalized spacial score (nSPS) is 12.4. The van der Waals surface area contributed by atoms with E-state index < -0.39 is 34.6 Å². The van der Waals surface area contributed by atoms with Gasteiger partial charge in [-0.05, 0) is 109 Å². The zero-order valence-electron chi connectivity index (χ0n) is 32.7. The minimum absolute atomic E-state index is 0.250. The van der Waals surface area contributed by atoms with Crippen LogP contribution in [0.15, 0.2) is 12.2 Å². The standard InChI is InChI=1S/C36H68N4O8/c1-15-21-37(29(41)45-33(3,4)5)25-19-27-39(31(43)47-35(9,10)11)23-17-18-24-40(32(44)48-36(12,13)14)28-20-26-38(22-16-2)30(42)46-34(6,7)8/h17-18H,15-16,19-28H2,1-14H3. The van der Waals surface area contributed by atoms with E-state index in [1.54, 1.807) is 19.6 Å². The smallest absolute Gasteiger partial charge is 0.410 e. The van der Waals surface area contributed by atoms with Gasteiger partial charge in [0.1, 0.15) is 22.4 Å². The van der Waals surface area contributed by atoms with Gasteiger partial charge in [0.05, 0.1) is 0 Å². The molecule has 0 radical (unpaired) electrons. The Morgan fingerprint density at radius 3 is 0.875 bits per heavy atom. The zero-order chi connectivity index (χ0) is 37.3. The molecule has 0 aromatic heterocycles. The molecule has 0 aliphatic carbocycles. The lowest BCUT2D eigenvalue weighted by Crippen LogP contribution is -2.41. The highest BCUT2D eigenvalue weighted by molar-refractivity contribution is 5.70. The minimum Gasteiger partial charge on any atom is -0.444 e. The largest absolute Gasteiger partial charge is 0.444 e. The first-order valence-electron chi connectivity index (χ1n) is 17.4. The highest BCUT2D eigenvalue weighted by Crippen LogP contribution is 2.15. The van der Waals surface area contributed by atoms with E-state index in [1.807, 2.05) is 109 Å². The maximum atomic E-state index is 13.1. The predicted molar refractivity (Wildman–Crippen MR) is 190 cm³/mol. The van der Waals surface area contributed by atoms with E-state index in [0.717, 1.165) is 12.8 Å². The van der Waals surface area contributed by atoms with Crippen molar-refractivity contribution in [2.24, 2.45) is 0 Å². The van der Waals surface area contributed by atoms with Crippen LogP contribution in [-0.2, 0) is 18.9 Å². The molecule has 12 nitrogen and oxygen atoms in total. The number of hydrogen-bond donors (Lipinski definition) is 0. The van der Waals surface area contributed by atoms with Gasteiger partial charge in [-0.1, -0.05) is 26.0 Å². The van der Waals surface area contributed by atoms with Crippen molar-refractivity contribution in [3.63, 3.8) is 0 Å². The number of amides is 4. The Labute approximate surface area is 291 Å². The summed E-state index contributed by atoms with van der Waals surface area (Å²) in [5, 5.41) is 0. The van der Waals surface area contributed by atoms with Gasteiger partial charge in [-0.25, -0.2) is 19.2 Å². The molecule has 0 fully saturated rings. The maximum Gasteiger partial charge on any atom is 0.410 e. The number of nitrogens with zero attached hydrogens (tertiary/aromatic N) is 4. The second-order valence-electron chi connectivity index (χ2n) is 16.0. The summed E-state index contributed by atoms with van der Waals surface area (Å²) in [4.78, 5) is 58.2. The Kier molecular flexibility index (Phi) is 19.0. The third-order valence-corrected chi connectivity index (χ3v) is 6.12. The summed E-state index contributed by atoms with van der Waals surface area (Å²) in [6.45, 7) is 29.1. The molecule has 0 saturated carbocycles. The van der Waals surface area contributed by atoms with Crippen LogP contribution >= 0.6 is 0 Å². The van der Waals surface area contributed by atoms with Crippen molar-refractivity contribution < 1.29 is 38.1 Å². The molecule has 0 saturated heterocycles. The van der Waals surface area contributed by atoms with Crippen LogP contribution in [0.4, 0.5) is 19.2 Å². The van der Waals surface area contributed by atoms with E-state index in [1.165, 1.54) is 0 Å². The van der Waals surface area contributed by atoms with Crippen LogP contribution in [0.25, 0.3) is 0 Å². The van der Waals surface area contributed by atoms with Crippen LogP contribution in [0.5, 0.6) is 0 Å². The molecular formula is C36H68N4O8. The van der Waals surface area contributed by atoms with E-state index in [2.05, 4.69) is 0 Å². The van der Waals surface area contributed by atoms with Crippen LogP contribution < -0.4 is 0 Å². The third-order valence-electron chi connectivity index (χ3n) is 6.12. The predicted octanol–water partition coefficient (Wildman–Crippen LogP) is 8.09. The highest BCUT2D eigenvalue weighted by Gasteiger charge is 2.26. The molecule has 0 rings (SSSR count). The number of hydrogen-bond acceptors (Lipinski definition) is 8. The number of ether oxygens (including phenoxy) is 4. The molecular weight excluding hydrogens is 616 g/mol. The van der Waals surface area contributed by atoms with E-state index in [-0.39, 0.29) is 25.3 Å². The average molecular weight is 685 g/mol. The van der Waals surface area contributed by atoms with E-state index in [0.29, 0.717) is 52.1 Å². The van der Waals surface area contributed by atoms with Crippen LogP contribution in [0, 0.1) is 0 Å². The van der Waals surface area contributed by atoms with Gasteiger partial charge in [0.25, 0.3) is 0 Å². The molecule has 12 heteroatoms. The topological polar surface area (TPSA) is 118 Å². The quantitative estimate of drug-likeness (QED) is 0.118. The second-order valence-corrected chi connectivity index (χ2v) is 16.0. The zero-order valence-corrected chi connectivity index (χ0v) is 32.7. The Morgan fingerprint density at radius 1 is 0.417 bits per heavy atom. The van der Waals surface area contributed by atoms with Crippen LogP contribution in [0.2, 0.25) is 0 Å². The van der Waals surface area contributed by atoms with Gasteiger partial charge >= 0.3 is 24.4 Å². The second kappa shape index (κ2) is 20.4. The molecule has 280 valence electrons. The number of rotatable bonds is 16. The van der Waals surface area contributed by atoms with E-state index in [9.17, 15) is 19.2 Å². The van der Waals surface area contributed by atoms with Gasteiger partial charge in [-0.2, -0.15) is 0 Å². The molecule has 0 spiro atoms. The first-order chi connectivity index (χ1) is 21.9. The van der Waals surface area contributed by atoms with E-state index in [4.69, 9.17) is 18.9 Å². The lowest BCUT2D eigenvalue weighted by Gasteiger charge is -2.30. The molecule has 0 N–H and O–H groups in total. The number of carbonyl (C=O) groups excluding carboxylic acids is 4. The lowest BCUT2D eigenvalue weighted by molar-refractivity contribution is 0.0193. The summed E-state index contributed by atoms with van der Waals surface area (Å²) < 4.78 is 22.4. The summed E-state index contributed by atoms with van der Waals surface area (Å²) in [5.41, 5.74) is -2.56.